The Bertz CT molecular complexity index is 546. The lowest BCUT2D eigenvalue weighted by Crippen LogP contribution is -2.12. The highest BCUT2D eigenvalue weighted by atomic mass is 16.1. The van der Waals surface area contributed by atoms with E-state index < -0.39 is 0 Å². The summed E-state index contributed by atoms with van der Waals surface area (Å²) in [6.45, 7) is 2.10. The number of rotatable bonds is 3. The average molecular weight is 225 g/mol. The van der Waals surface area contributed by atoms with Gasteiger partial charge in [-0.3, -0.25) is 4.79 Å². The van der Waals surface area contributed by atoms with Gasteiger partial charge in [0.05, 0.1) is 0 Å². The van der Waals surface area contributed by atoms with Gasteiger partial charge in [-0.25, -0.2) is 0 Å². The van der Waals surface area contributed by atoms with Crippen LogP contribution in [0.25, 0.3) is 11.1 Å². The van der Waals surface area contributed by atoms with Crippen molar-refractivity contribution in [2.24, 2.45) is 5.73 Å². The first-order chi connectivity index (χ1) is 8.24. The van der Waals surface area contributed by atoms with E-state index in [1.165, 1.54) is 5.56 Å². The Morgan fingerprint density at radius 2 is 1.59 bits per heavy atom. The third-order valence-corrected chi connectivity index (χ3v) is 2.88. The lowest BCUT2D eigenvalue weighted by Gasteiger charge is -2.10. The van der Waals surface area contributed by atoms with E-state index in [0.29, 0.717) is 5.56 Å². The van der Waals surface area contributed by atoms with Crippen molar-refractivity contribution < 1.29 is 4.79 Å². The van der Waals surface area contributed by atoms with Crippen molar-refractivity contribution in [1.82, 2.24) is 0 Å². The molecule has 0 radical (unpaired) electrons. The number of benzene rings is 2. The van der Waals surface area contributed by atoms with Crippen molar-refractivity contribution in [1.29, 1.82) is 0 Å². The predicted octanol–water partition coefficient (Wildman–Crippen LogP) is 3.01. The molecule has 0 aliphatic carbocycles. The molecule has 0 bridgehead atoms. The first kappa shape index (κ1) is 11.4. The maximum Gasteiger partial charge on any atom is 0.249 e. The molecule has 0 aromatic heterocycles. The second kappa shape index (κ2) is 4.83. The van der Waals surface area contributed by atoms with Crippen LogP contribution in [0.15, 0.2) is 48.5 Å². The predicted molar refractivity (Wildman–Crippen MR) is 69.8 cm³/mol. The van der Waals surface area contributed by atoms with E-state index in [-0.39, 0.29) is 5.91 Å². The van der Waals surface area contributed by atoms with Crippen LogP contribution >= 0.6 is 0 Å². The van der Waals surface area contributed by atoms with Gasteiger partial charge in [0.25, 0.3) is 0 Å². The summed E-state index contributed by atoms with van der Waals surface area (Å²) < 4.78 is 0. The van der Waals surface area contributed by atoms with Gasteiger partial charge in [0.2, 0.25) is 5.91 Å². The molecular formula is C15H15NO. The molecule has 0 atom stereocenters. The van der Waals surface area contributed by atoms with Crippen LogP contribution in [0.1, 0.15) is 22.8 Å². The summed E-state index contributed by atoms with van der Waals surface area (Å²) in [5, 5.41) is 0. The molecule has 0 unspecified atom stereocenters. The third-order valence-electron chi connectivity index (χ3n) is 2.88. The van der Waals surface area contributed by atoms with Gasteiger partial charge in [-0.1, -0.05) is 49.4 Å². The molecule has 0 saturated carbocycles. The molecule has 2 nitrogen and oxygen atoms in total. The van der Waals surface area contributed by atoms with Crippen LogP contribution < -0.4 is 5.73 Å². The topological polar surface area (TPSA) is 43.1 Å². The van der Waals surface area contributed by atoms with Gasteiger partial charge in [0.15, 0.2) is 0 Å². The van der Waals surface area contributed by atoms with E-state index in [4.69, 9.17) is 5.73 Å². The van der Waals surface area contributed by atoms with Crippen LogP contribution in [0.3, 0.4) is 0 Å². The van der Waals surface area contributed by atoms with Crippen LogP contribution in [-0.4, -0.2) is 5.91 Å². The minimum atomic E-state index is -0.383. The highest BCUT2D eigenvalue weighted by Gasteiger charge is 2.11. The molecule has 1 amide bonds. The monoisotopic (exact) mass is 225 g/mol. The number of primary amides is 1. The number of hydrogen-bond donors (Lipinski definition) is 1. The van der Waals surface area contributed by atoms with Crippen LogP contribution in [0.4, 0.5) is 0 Å². The van der Waals surface area contributed by atoms with Gasteiger partial charge < -0.3 is 5.73 Å². The lowest BCUT2D eigenvalue weighted by molar-refractivity contribution is 0.100. The Kier molecular flexibility index (Phi) is 3.24. The zero-order chi connectivity index (χ0) is 12.3. The molecule has 0 spiro atoms. The molecule has 2 N–H and O–H groups in total. The molecule has 0 heterocycles. The quantitative estimate of drug-likeness (QED) is 0.857. The highest BCUT2D eigenvalue weighted by molar-refractivity contribution is 6.00. The van der Waals surface area contributed by atoms with Crippen LogP contribution in [-0.2, 0) is 6.42 Å². The number of amides is 1. The maximum atomic E-state index is 11.4. The lowest BCUT2D eigenvalue weighted by atomic mass is 9.94. The van der Waals surface area contributed by atoms with Crippen LogP contribution in [0.2, 0.25) is 0 Å². The fraction of sp³-hybridized carbons (Fsp3) is 0.133. The van der Waals surface area contributed by atoms with Crippen molar-refractivity contribution in [3.05, 3.63) is 59.7 Å². The Morgan fingerprint density at radius 3 is 2.24 bits per heavy atom. The van der Waals surface area contributed by atoms with Crippen molar-refractivity contribution >= 4 is 5.91 Å². The van der Waals surface area contributed by atoms with Crippen LogP contribution in [0.5, 0.6) is 0 Å². The fourth-order valence-corrected chi connectivity index (χ4v) is 2.02. The van der Waals surface area contributed by atoms with E-state index in [0.717, 1.165) is 17.5 Å². The SMILES string of the molecule is CCc1ccccc1-c1ccccc1C(N)=O. The van der Waals surface area contributed by atoms with E-state index in [9.17, 15) is 4.79 Å². The van der Waals surface area contributed by atoms with E-state index in [1.54, 1.807) is 6.07 Å². The summed E-state index contributed by atoms with van der Waals surface area (Å²) >= 11 is 0. The van der Waals surface area contributed by atoms with Gasteiger partial charge in [0, 0.05) is 5.56 Å². The summed E-state index contributed by atoms with van der Waals surface area (Å²) in [4.78, 5) is 11.4. The number of hydrogen-bond acceptors (Lipinski definition) is 1. The molecule has 0 saturated heterocycles. The Labute approximate surface area is 101 Å². The van der Waals surface area contributed by atoms with Crippen LogP contribution in [0, 0.1) is 0 Å². The minimum Gasteiger partial charge on any atom is -0.366 e. The van der Waals surface area contributed by atoms with Crippen molar-refractivity contribution in [3.63, 3.8) is 0 Å². The molecule has 86 valence electrons. The summed E-state index contributed by atoms with van der Waals surface area (Å²) in [6.07, 6.45) is 0.934. The summed E-state index contributed by atoms with van der Waals surface area (Å²) in [6, 6.07) is 15.6. The van der Waals surface area contributed by atoms with E-state index in [2.05, 4.69) is 13.0 Å². The van der Waals surface area contributed by atoms with Gasteiger partial charge in [-0.05, 0) is 29.2 Å². The largest absolute Gasteiger partial charge is 0.366 e. The van der Waals surface area contributed by atoms with Gasteiger partial charge in [0.1, 0.15) is 0 Å². The Morgan fingerprint density at radius 1 is 1.00 bits per heavy atom. The molecule has 2 rings (SSSR count). The molecule has 0 fully saturated rings. The first-order valence-electron chi connectivity index (χ1n) is 5.71. The number of nitrogens with two attached hydrogens (primary N) is 1. The second-order valence-electron chi connectivity index (χ2n) is 3.92. The number of carbonyl (C=O) groups excluding carboxylic acids is 1. The van der Waals surface area contributed by atoms with Gasteiger partial charge in [-0.15, -0.1) is 0 Å². The molecule has 2 heteroatoms. The Balaban J connectivity index is 2.64. The number of aryl methyl sites for hydroxylation is 1. The molecule has 2 aromatic carbocycles. The number of carbonyl (C=O) groups is 1. The van der Waals surface area contributed by atoms with Gasteiger partial charge in [-0.2, -0.15) is 0 Å². The zero-order valence-electron chi connectivity index (χ0n) is 9.81. The zero-order valence-corrected chi connectivity index (χ0v) is 9.81. The van der Waals surface area contributed by atoms with Gasteiger partial charge >= 0.3 is 0 Å². The smallest absolute Gasteiger partial charge is 0.249 e. The summed E-state index contributed by atoms with van der Waals surface area (Å²) in [5.41, 5.74) is 9.21. The van der Waals surface area contributed by atoms with E-state index >= 15 is 0 Å². The first-order valence-corrected chi connectivity index (χ1v) is 5.71. The van der Waals surface area contributed by atoms with Crippen molar-refractivity contribution in [3.8, 4) is 11.1 Å². The van der Waals surface area contributed by atoms with Crippen molar-refractivity contribution in [2.45, 2.75) is 13.3 Å². The minimum absolute atomic E-state index is 0.383. The normalized spacial score (nSPS) is 10.2. The third kappa shape index (κ3) is 2.21. The summed E-state index contributed by atoms with van der Waals surface area (Å²) in [5.74, 6) is -0.383. The standard InChI is InChI=1S/C15H15NO/c1-2-11-7-3-4-8-12(11)13-9-5-6-10-14(13)15(16)17/h3-10H,2H2,1H3,(H2,16,17). The molecule has 2 aromatic rings. The molecule has 0 aliphatic heterocycles. The Hall–Kier alpha value is -2.09. The summed E-state index contributed by atoms with van der Waals surface area (Å²) in [7, 11) is 0. The molecular weight excluding hydrogens is 210 g/mol. The van der Waals surface area contributed by atoms with Crippen molar-refractivity contribution in [2.75, 3.05) is 0 Å². The average Bonchev–Trinajstić information content (AvgIpc) is 2.38. The highest BCUT2D eigenvalue weighted by Crippen LogP contribution is 2.27. The molecule has 0 aliphatic rings. The maximum absolute atomic E-state index is 11.4. The molecule has 17 heavy (non-hydrogen) atoms. The van der Waals surface area contributed by atoms with E-state index in [1.807, 2.05) is 36.4 Å². The fourth-order valence-electron chi connectivity index (χ4n) is 2.02. The second-order valence-corrected chi connectivity index (χ2v) is 3.92.